The maximum absolute atomic E-state index is 13.8. The first-order chi connectivity index (χ1) is 18.2. The fourth-order valence-electron chi connectivity index (χ4n) is 5.11. The first-order valence-electron chi connectivity index (χ1n) is 12.1. The Morgan fingerprint density at radius 2 is 1.34 bits per heavy atom. The highest BCUT2D eigenvalue weighted by Gasteiger charge is 2.56. The topological polar surface area (TPSA) is 134 Å². The number of carbonyl (C=O) groups is 3. The highest BCUT2D eigenvalue weighted by Crippen LogP contribution is 2.47. The minimum Gasteiger partial charge on any atom is -0.508 e. The van der Waals surface area contributed by atoms with E-state index in [1.165, 1.54) is 33.3 Å². The van der Waals surface area contributed by atoms with Crippen molar-refractivity contribution in [3.63, 3.8) is 0 Å². The summed E-state index contributed by atoms with van der Waals surface area (Å²) in [6, 6.07) is 19.5. The van der Waals surface area contributed by atoms with E-state index in [4.69, 9.17) is 9.47 Å². The van der Waals surface area contributed by atoms with E-state index in [2.05, 4.69) is 10.6 Å². The van der Waals surface area contributed by atoms with Gasteiger partial charge in [-0.15, -0.1) is 0 Å². The van der Waals surface area contributed by atoms with Crippen LogP contribution >= 0.6 is 0 Å². The average molecular weight is 519 g/mol. The molecule has 9 heteroatoms. The van der Waals surface area contributed by atoms with E-state index < -0.39 is 47.4 Å². The van der Waals surface area contributed by atoms with E-state index >= 15 is 0 Å². The van der Waals surface area contributed by atoms with Crippen LogP contribution in [0.4, 0.5) is 11.4 Å². The van der Waals surface area contributed by atoms with Gasteiger partial charge in [-0.1, -0.05) is 36.4 Å². The van der Waals surface area contributed by atoms with Crippen LogP contribution in [0.5, 0.6) is 17.2 Å². The van der Waals surface area contributed by atoms with Crippen LogP contribution in [0, 0.1) is 11.8 Å². The van der Waals surface area contributed by atoms with Crippen molar-refractivity contribution in [3.05, 3.63) is 78.4 Å². The molecule has 9 nitrogen and oxygen atoms in total. The Kier molecular flexibility index (Phi) is 7.68. The number of hydrogen-bond acceptors (Lipinski definition) is 7. The molecule has 0 spiro atoms. The molecule has 0 heterocycles. The predicted octanol–water partition coefficient (Wildman–Crippen LogP) is 3.73. The summed E-state index contributed by atoms with van der Waals surface area (Å²) in [5.41, 5.74) is -0.583. The normalized spacial score (nSPS) is 22.8. The van der Waals surface area contributed by atoms with Crippen LogP contribution in [-0.2, 0) is 14.4 Å². The number of benzene rings is 3. The van der Waals surface area contributed by atoms with E-state index in [9.17, 15) is 24.6 Å². The van der Waals surface area contributed by atoms with E-state index in [1.807, 2.05) is 0 Å². The van der Waals surface area contributed by atoms with Crippen LogP contribution in [0.25, 0.3) is 0 Å². The first kappa shape index (κ1) is 26.7. The lowest BCUT2D eigenvalue weighted by molar-refractivity contribution is -0.150. The van der Waals surface area contributed by atoms with Crippen LogP contribution in [0.15, 0.2) is 72.8 Å². The summed E-state index contributed by atoms with van der Waals surface area (Å²) in [5, 5.41) is 26.8. The zero-order valence-electron chi connectivity index (χ0n) is 21.3. The van der Waals surface area contributed by atoms with Gasteiger partial charge in [-0.05, 0) is 48.9 Å². The number of anilines is 2. The minimum atomic E-state index is -1.77. The summed E-state index contributed by atoms with van der Waals surface area (Å²) in [5.74, 6) is -4.49. The lowest BCUT2D eigenvalue weighted by atomic mass is 9.61. The van der Waals surface area contributed by atoms with Gasteiger partial charge in [-0.25, -0.2) is 0 Å². The number of hydrogen-bond donors (Lipinski definition) is 4. The van der Waals surface area contributed by atoms with Crippen molar-refractivity contribution in [3.8, 4) is 17.2 Å². The van der Waals surface area contributed by atoms with Crippen molar-refractivity contribution in [2.75, 3.05) is 24.9 Å². The minimum absolute atomic E-state index is 0.0207. The molecule has 1 aliphatic rings. The third kappa shape index (κ3) is 5.33. The van der Waals surface area contributed by atoms with Gasteiger partial charge in [-0.2, -0.15) is 0 Å². The SMILES string of the molecule is COc1ccccc1NC(=O)[C@@H]1C(=O)C[C@](C)(O)[C@@H](C(=O)Nc2ccccc2OC)[C@H]1c1ccc(O)cc1. The number of ketones is 1. The van der Waals surface area contributed by atoms with Crippen molar-refractivity contribution < 1.29 is 34.1 Å². The first-order valence-corrected chi connectivity index (χ1v) is 12.1. The highest BCUT2D eigenvalue weighted by atomic mass is 16.5. The van der Waals surface area contributed by atoms with Gasteiger partial charge in [0.2, 0.25) is 11.8 Å². The Hall–Kier alpha value is -4.37. The molecule has 0 aliphatic heterocycles. The number of ether oxygens (including phenoxy) is 2. The molecule has 4 rings (SSSR count). The number of nitrogens with one attached hydrogen (secondary N) is 2. The van der Waals surface area contributed by atoms with Crippen LogP contribution in [-0.4, -0.2) is 47.6 Å². The molecule has 4 atom stereocenters. The number of rotatable bonds is 7. The quantitative estimate of drug-likeness (QED) is 0.350. The Balaban J connectivity index is 1.78. The number of methoxy groups -OCH3 is 2. The van der Waals surface area contributed by atoms with Gasteiger partial charge in [0.25, 0.3) is 0 Å². The zero-order chi connectivity index (χ0) is 27.4. The van der Waals surface area contributed by atoms with E-state index in [-0.39, 0.29) is 5.75 Å². The Morgan fingerprint density at radius 1 is 0.842 bits per heavy atom. The Morgan fingerprint density at radius 3 is 1.87 bits per heavy atom. The molecule has 3 aromatic rings. The van der Waals surface area contributed by atoms with Gasteiger partial charge in [0.05, 0.1) is 37.1 Å². The molecule has 1 fully saturated rings. The predicted molar refractivity (Wildman–Crippen MR) is 141 cm³/mol. The number of Topliss-reactive ketones (excluding diaryl/α,β-unsaturated/α-hetero) is 1. The summed E-state index contributed by atoms with van der Waals surface area (Å²) in [6.45, 7) is 1.42. The second-order valence-corrected chi connectivity index (χ2v) is 9.45. The lowest BCUT2D eigenvalue weighted by Crippen LogP contribution is -2.56. The molecule has 0 radical (unpaired) electrons. The van der Waals surface area contributed by atoms with Gasteiger partial charge >= 0.3 is 0 Å². The summed E-state index contributed by atoms with van der Waals surface area (Å²) < 4.78 is 10.7. The van der Waals surface area contributed by atoms with Crippen LogP contribution in [0.1, 0.15) is 24.8 Å². The van der Waals surface area contributed by atoms with Crippen molar-refractivity contribution >= 4 is 29.0 Å². The largest absolute Gasteiger partial charge is 0.508 e. The summed E-state index contributed by atoms with van der Waals surface area (Å²) >= 11 is 0. The Labute approximate surface area is 220 Å². The number of phenols is 1. The fourth-order valence-corrected chi connectivity index (χ4v) is 5.11. The molecular formula is C29H30N2O7. The van der Waals surface area contributed by atoms with Crippen LogP contribution in [0.2, 0.25) is 0 Å². The van der Waals surface area contributed by atoms with Crippen molar-refractivity contribution in [1.82, 2.24) is 0 Å². The van der Waals surface area contributed by atoms with Crippen LogP contribution in [0.3, 0.4) is 0 Å². The molecule has 0 aromatic heterocycles. The molecule has 38 heavy (non-hydrogen) atoms. The molecule has 2 amide bonds. The zero-order valence-corrected chi connectivity index (χ0v) is 21.3. The average Bonchev–Trinajstić information content (AvgIpc) is 2.88. The van der Waals surface area contributed by atoms with Gasteiger partial charge in [0.1, 0.15) is 28.9 Å². The van der Waals surface area contributed by atoms with Crippen molar-refractivity contribution in [2.45, 2.75) is 24.9 Å². The van der Waals surface area contributed by atoms with Gasteiger partial charge in [0, 0.05) is 12.3 Å². The molecule has 0 saturated heterocycles. The van der Waals surface area contributed by atoms with Gasteiger partial charge < -0.3 is 30.3 Å². The summed E-state index contributed by atoms with van der Waals surface area (Å²) in [7, 11) is 2.93. The fraction of sp³-hybridized carbons (Fsp3) is 0.276. The summed E-state index contributed by atoms with van der Waals surface area (Å²) in [4.78, 5) is 40.9. The molecule has 0 unspecified atom stereocenters. The molecule has 1 aliphatic carbocycles. The number of phenolic OH excluding ortho intramolecular Hbond substituents is 1. The summed E-state index contributed by atoms with van der Waals surface area (Å²) in [6.07, 6.45) is -0.407. The van der Waals surface area contributed by atoms with E-state index in [1.54, 1.807) is 60.7 Å². The third-order valence-corrected chi connectivity index (χ3v) is 6.84. The van der Waals surface area contributed by atoms with E-state index in [0.29, 0.717) is 28.4 Å². The lowest BCUT2D eigenvalue weighted by Gasteiger charge is -2.44. The van der Waals surface area contributed by atoms with Gasteiger partial charge in [-0.3, -0.25) is 14.4 Å². The number of para-hydroxylation sites is 4. The van der Waals surface area contributed by atoms with E-state index in [0.717, 1.165) is 0 Å². The molecule has 0 bridgehead atoms. The van der Waals surface area contributed by atoms with Gasteiger partial charge in [0.15, 0.2) is 0 Å². The molecule has 198 valence electrons. The van der Waals surface area contributed by atoms with Crippen LogP contribution < -0.4 is 20.1 Å². The molecule has 4 N–H and O–H groups in total. The number of aliphatic hydroxyl groups is 1. The number of amides is 2. The number of aromatic hydroxyl groups is 1. The maximum Gasteiger partial charge on any atom is 0.235 e. The van der Waals surface area contributed by atoms with Crippen molar-refractivity contribution in [2.24, 2.45) is 11.8 Å². The van der Waals surface area contributed by atoms with Crippen molar-refractivity contribution in [1.29, 1.82) is 0 Å². The smallest absolute Gasteiger partial charge is 0.235 e. The second-order valence-electron chi connectivity index (χ2n) is 9.45. The third-order valence-electron chi connectivity index (χ3n) is 6.84. The highest BCUT2D eigenvalue weighted by molar-refractivity contribution is 6.11. The maximum atomic E-state index is 13.8. The number of carbonyl (C=O) groups excluding carboxylic acids is 3. The Bertz CT molecular complexity index is 1340. The molecular weight excluding hydrogens is 488 g/mol. The standard InChI is InChI=1S/C29H30N2O7/c1-29(36)16-21(33)25(27(34)30-19-8-4-6-10-22(19)37-2)24(17-12-14-18(32)15-13-17)26(29)28(35)31-20-9-5-7-11-23(20)38-3/h4-15,24-26,32,36H,16H2,1-3H3,(H,30,34)(H,31,35)/t24-,25+,26+,29-/m0/s1. The molecule has 3 aromatic carbocycles. The monoisotopic (exact) mass is 518 g/mol. The second kappa shape index (κ2) is 10.9. The molecule has 1 saturated carbocycles.